The lowest BCUT2D eigenvalue weighted by Crippen LogP contribution is -3.11. The van der Waals surface area contributed by atoms with E-state index in [1.807, 2.05) is 24.3 Å². The van der Waals surface area contributed by atoms with Crippen molar-refractivity contribution in [2.45, 2.75) is 25.8 Å². The summed E-state index contributed by atoms with van der Waals surface area (Å²) in [7, 11) is 0. The smallest absolute Gasteiger partial charge is 0.400 e. The Morgan fingerprint density at radius 1 is 1.16 bits per heavy atom. The molecule has 1 aliphatic rings. The van der Waals surface area contributed by atoms with Gasteiger partial charge in [0.05, 0.1) is 13.1 Å². The topological polar surface area (TPSA) is 82.3 Å². The van der Waals surface area contributed by atoms with Crippen molar-refractivity contribution >= 4 is 27.7 Å². The number of nitrogens with zero attached hydrogens (tertiary/aromatic N) is 1. The lowest BCUT2D eigenvalue weighted by molar-refractivity contribution is -0.918. The molecular weight excluding hydrogens is 386 g/mol. The Balaban J connectivity index is 1.57. The number of carbonyl (C=O) groups is 1. The molecule has 0 atom stereocenters. The van der Waals surface area contributed by atoms with Gasteiger partial charge in [-0.05, 0) is 47.3 Å². The molecule has 1 aliphatic heterocycles. The first-order chi connectivity index (χ1) is 12.1. The Labute approximate surface area is 154 Å². The quantitative estimate of drug-likeness (QED) is 0.344. The van der Waals surface area contributed by atoms with Crippen molar-refractivity contribution in [3.8, 4) is 0 Å². The van der Waals surface area contributed by atoms with Crippen LogP contribution in [0.25, 0.3) is 0 Å². The van der Waals surface area contributed by atoms with Crippen LogP contribution >= 0.6 is 15.9 Å². The maximum atomic E-state index is 11.8. The van der Waals surface area contributed by atoms with E-state index in [1.165, 1.54) is 44.0 Å². The van der Waals surface area contributed by atoms with Crippen LogP contribution in [0.4, 0.5) is 0 Å². The summed E-state index contributed by atoms with van der Waals surface area (Å²) in [5.41, 5.74) is 7.87. The molecule has 0 saturated carbocycles. The molecule has 1 fully saturated rings. The third-order valence-corrected chi connectivity index (χ3v) is 4.69. The fourth-order valence-corrected chi connectivity index (χ4v) is 3.23. The third kappa shape index (κ3) is 4.93. The zero-order chi connectivity index (χ0) is 17.6. The van der Waals surface area contributed by atoms with E-state index in [2.05, 4.69) is 21.1 Å². The van der Waals surface area contributed by atoms with Gasteiger partial charge >= 0.3 is 5.97 Å². The fourth-order valence-electron chi connectivity index (χ4n) is 2.92. The molecule has 6 nitrogen and oxygen atoms in total. The lowest BCUT2D eigenvalue weighted by atomic mass is 10.1. The number of piperidine rings is 1. The first-order valence-corrected chi connectivity index (χ1v) is 9.14. The van der Waals surface area contributed by atoms with Crippen LogP contribution in [-0.4, -0.2) is 24.9 Å². The van der Waals surface area contributed by atoms with Gasteiger partial charge in [0.1, 0.15) is 6.54 Å². The van der Waals surface area contributed by atoms with Gasteiger partial charge in [-0.25, -0.2) is 4.79 Å². The molecule has 0 amide bonds. The van der Waals surface area contributed by atoms with Gasteiger partial charge in [0.2, 0.25) is 5.76 Å². The van der Waals surface area contributed by atoms with E-state index < -0.39 is 5.97 Å². The summed E-state index contributed by atoms with van der Waals surface area (Å²) in [5.74, 6) is -0.488. The maximum absolute atomic E-state index is 11.8. The average Bonchev–Trinajstić information content (AvgIpc) is 3.07. The summed E-state index contributed by atoms with van der Waals surface area (Å²) in [5, 5.41) is 3.69. The SMILES string of the molecule is N/C(=N/OC(=O)c1ccc(Br)o1)c1ccc(C[NH+]2CCCCC2)cc1. The largest absolute Gasteiger partial charge is 0.442 e. The molecule has 0 aliphatic carbocycles. The predicted molar refractivity (Wildman–Crippen MR) is 97.2 cm³/mol. The van der Waals surface area contributed by atoms with Crippen LogP contribution in [0.2, 0.25) is 0 Å². The minimum atomic E-state index is -0.695. The van der Waals surface area contributed by atoms with Gasteiger partial charge in [-0.1, -0.05) is 29.4 Å². The molecule has 2 aromatic rings. The highest BCUT2D eigenvalue weighted by Crippen LogP contribution is 2.15. The molecule has 25 heavy (non-hydrogen) atoms. The molecule has 0 unspecified atom stereocenters. The van der Waals surface area contributed by atoms with Gasteiger partial charge in [-0.2, -0.15) is 0 Å². The van der Waals surface area contributed by atoms with E-state index in [0.717, 1.165) is 6.54 Å². The minimum absolute atomic E-state index is 0.0586. The number of nitrogens with two attached hydrogens (primary N) is 1. The Kier molecular flexibility index (Phi) is 5.88. The van der Waals surface area contributed by atoms with Gasteiger partial charge in [-0.3, -0.25) is 0 Å². The van der Waals surface area contributed by atoms with E-state index in [1.54, 1.807) is 11.0 Å². The zero-order valence-electron chi connectivity index (χ0n) is 13.8. The van der Waals surface area contributed by atoms with Crippen molar-refractivity contribution in [1.29, 1.82) is 0 Å². The molecule has 0 spiro atoms. The first kappa shape index (κ1) is 17.7. The van der Waals surface area contributed by atoms with Gasteiger partial charge in [0.25, 0.3) is 0 Å². The van der Waals surface area contributed by atoms with Crippen molar-refractivity contribution in [3.05, 3.63) is 58.0 Å². The highest BCUT2D eigenvalue weighted by Gasteiger charge is 2.14. The number of benzene rings is 1. The summed E-state index contributed by atoms with van der Waals surface area (Å²) in [6.07, 6.45) is 3.97. The van der Waals surface area contributed by atoms with E-state index in [-0.39, 0.29) is 11.6 Å². The molecule has 1 aromatic carbocycles. The molecule has 1 saturated heterocycles. The Morgan fingerprint density at radius 3 is 2.52 bits per heavy atom. The Bertz CT molecular complexity index is 749. The second kappa shape index (κ2) is 8.31. The highest BCUT2D eigenvalue weighted by molar-refractivity contribution is 9.10. The van der Waals surface area contributed by atoms with Crippen LogP contribution in [0.15, 0.2) is 50.6 Å². The average molecular weight is 407 g/mol. The van der Waals surface area contributed by atoms with Crippen LogP contribution in [0, 0.1) is 0 Å². The van der Waals surface area contributed by atoms with Crippen molar-refractivity contribution in [1.82, 2.24) is 0 Å². The van der Waals surface area contributed by atoms with E-state index in [4.69, 9.17) is 15.0 Å². The molecule has 2 heterocycles. The second-order valence-electron chi connectivity index (χ2n) is 6.14. The van der Waals surface area contributed by atoms with E-state index in [0.29, 0.717) is 10.2 Å². The van der Waals surface area contributed by atoms with E-state index in [9.17, 15) is 4.79 Å². The Morgan fingerprint density at radius 2 is 1.88 bits per heavy atom. The van der Waals surface area contributed by atoms with Crippen LogP contribution in [0.5, 0.6) is 0 Å². The monoisotopic (exact) mass is 406 g/mol. The van der Waals surface area contributed by atoms with Crippen LogP contribution < -0.4 is 10.6 Å². The number of rotatable bonds is 5. The van der Waals surface area contributed by atoms with Crippen molar-refractivity contribution in [2.24, 2.45) is 10.9 Å². The van der Waals surface area contributed by atoms with Crippen molar-refractivity contribution in [3.63, 3.8) is 0 Å². The number of likely N-dealkylation sites (tertiary alicyclic amines) is 1. The van der Waals surface area contributed by atoms with Crippen LogP contribution in [0.3, 0.4) is 0 Å². The summed E-state index contributed by atoms with van der Waals surface area (Å²) in [4.78, 5) is 18.2. The van der Waals surface area contributed by atoms with Gasteiger partial charge in [0.15, 0.2) is 10.5 Å². The number of quaternary nitrogens is 1. The highest BCUT2D eigenvalue weighted by atomic mass is 79.9. The molecule has 132 valence electrons. The summed E-state index contributed by atoms with van der Waals surface area (Å²) in [6.45, 7) is 3.51. The molecule has 3 rings (SSSR count). The fraction of sp³-hybridized carbons (Fsp3) is 0.333. The second-order valence-corrected chi connectivity index (χ2v) is 6.92. The number of hydrogen-bond donors (Lipinski definition) is 2. The zero-order valence-corrected chi connectivity index (χ0v) is 15.4. The number of carbonyl (C=O) groups excluding carboxylic acids is 1. The molecule has 0 bridgehead atoms. The number of halogens is 1. The van der Waals surface area contributed by atoms with Gasteiger partial charge < -0.3 is 19.9 Å². The maximum Gasteiger partial charge on any atom is 0.400 e. The van der Waals surface area contributed by atoms with Gasteiger partial charge in [-0.15, -0.1) is 0 Å². The standard InChI is InChI=1S/C18H20BrN3O3/c19-16-9-8-15(24-16)18(23)25-21-17(20)14-6-4-13(5-7-14)12-22-10-2-1-3-11-22/h4-9H,1-3,10-12H2,(H2,20,21)/p+1. The number of amidine groups is 1. The Hall–Kier alpha value is -2.12. The van der Waals surface area contributed by atoms with Crippen LogP contribution in [0.1, 0.15) is 40.9 Å². The normalized spacial score (nSPS) is 16.0. The number of nitrogens with one attached hydrogen (secondary N) is 1. The molecule has 3 N–H and O–H groups in total. The summed E-state index contributed by atoms with van der Waals surface area (Å²) >= 11 is 3.12. The molecule has 0 radical (unpaired) electrons. The minimum Gasteiger partial charge on any atom is -0.442 e. The molecule has 1 aromatic heterocycles. The predicted octanol–water partition coefficient (Wildman–Crippen LogP) is 2.09. The van der Waals surface area contributed by atoms with Crippen LogP contribution in [-0.2, 0) is 11.4 Å². The van der Waals surface area contributed by atoms with Gasteiger partial charge in [0, 0.05) is 11.1 Å². The number of oxime groups is 1. The van der Waals surface area contributed by atoms with E-state index >= 15 is 0 Å². The molecule has 7 heteroatoms. The number of furan rings is 1. The summed E-state index contributed by atoms with van der Waals surface area (Å²) < 4.78 is 5.55. The first-order valence-electron chi connectivity index (χ1n) is 8.35. The summed E-state index contributed by atoms with van der Waals surface area (Å²) in [6, 6.07) is 11.0. The third-order valence-electron chi connectivity index (χ3n) is 4.27. The lowest BCUT2D eigenvalue weighted by Gasteiger charge is -2.23. The molecular formula is C18H21BrN3O3+. The van der Waals surface area contributed by atoms with Crippen molar-refractivity contribution < 1.29 is 18.9 Å². The van der Waals surface area contributed by atoms with Crippen molar-refractivity contribution in [2.75, 3.05) is 13.1 Å². The number of hydrogen-bond acceptors (Lipinski definition) is 4.